The number of rotatable bonds is 7. The van der Waals surface area contributed by atoms with Gasteiger partial charge in [0.1, 0.15) is 5.56 Å². The van der Waals surface area contributed by atoms with Crippen LogP contribution in [0.2, 0.25) is 0 Å². The van der Waals surface area contributed by atoms with Crippen LogP contribution >= 0.6 is 0 Å². The molecular weight excluding hydrogens is 374 g/mol. The molecule has 0 saturated carbocycles. The minimum atomic E-state index is -1.04. The minimum Gasteiger partial charge on any atom is -0.493 e. The number of hydrogen-bond donors (Lipinski definition) is 0. The van der Waals surface area contributed by atoms with Crippen LogP contribution in [-0.2, 0) is 4.74 Å². The lowest BCUT2D eigenvalue weighted by molar-refractivity contribution is -0.385. The van der Waals surface area contributed by atoms with Gasteiger partial charge in [-0.05, 0) is 18.2 Å². The van der Waals surface area contributed by atoms with Gasteiger partial charge in [0.15, 0.2) is 35.4 Å². The van der Waals surface area contributed by atoms with E-state index in [-0.39, 0.29) is 29.4 Å². The Morgan fingerprint density at radius 3 is 2.43 bits per heavy atom. The third-order valence-electron chi connectivity index (χ3n) is 3.95. The summed E-state index contributed by atoms with van der Waals surface area (Å²) in [5.74, 6) is -0.428. The maximum atomic E-state index is 12.3. The van der Waals surface area contributed by atoms with E-state index in [1.165, 1.54) is 26.4 Å². The van der Waals surface area contributed by atoms with Crippen LogP contribution in [0.15, 0.2) is 30.3 Å². The zero-order valence-electron chi connectivity index (χ0n) is 14.9. The lowest BCUT2D eigenvalue weighted by Gasteiger charge is -2.10. The molecule has 1 heterocycles. The van der Waals surface area contributed by atoms with E-state index in [4.69, 9.17) is 23.7 Å². The fourth-order valence-corrected chi connectivity index (χ4v) is 2.54. The predicted molar refractivity (Wildman–Crippen MR) is 93.4 cm³/mol. The number of nitrogens with zero attached hydrogens (tertiary/aromatic N) is 1. The number of Topliss-reactive ketones (excluding diaryl/α,β-unsaturated/α-hetero) is 1. The van der Waals surface area contributed by atoms with Crippen LogP contribution in [-0.4, -0.2) is 44.3 Å². The van der Waals surface area contributed by atoms with Crippen LogP contribution < -0.4 is 18.9 Å². The van der Waals surface area contributed by atoms with Gasteiger partial charge in [0.05, 0.1) is 25.2 Å². The van der Waals surface area contributed by atoms with Crippen molar-refractivity contribution in [2.75, 3.05) is 27.6 Å². The molecule has 0 amide bonds. The fourth-order valence-electron chi connectivity index (χ4n) is 2.54. The average Bonchev–Trinajstić information content (AvgIpc) is 3.18. The van der Waals surface area contributed by atoms with Crippen LogP contribution in [0.1, 0.15) is 20.7 Å². The van der Waals surface area contributed by atoms with E-state index >= 15 is 0 Å². The Morgan fingerprint density at radius 1 is 1.07 bits per heavy atom. The summed E-state index contributed by atoms with van der Waals surface area (Å²) in [6, 6.07) is 6.72. The highest BCUT2D eigenvalue weighted by Gasteiger charge is 2.26. The lowest BCUT2D eigenvalue weighted by Crippen LogP contribution is -2.15. The Morgan fingerprint density at radius 2 is 1.75 bits per heavy atom. The van der Waals surface area contributed by atoms with Crippen molar-refractivity contribution < 1.29 is 38.2 Å². The van der Waals surface area contributed by atoms with Crippen molar-refractivity contribution in [3.8, 4) is 23.0 Å². The molecule has 0 N–H and O–H groups in total. The van der Waals surface area contributed by atoms with Gasteiger partial charge < -0.3 is 23.7 Å². The minimum absolute atomic E-state index is 0.0604. The van der Waals surface area contributed by atoms with Crippen LogP contribution in [0.25, 0.3) is 0 Å². The summed E-state index contributed by atoms with van der Waals surface area (Å²) < 4.78 is 25.4. The molecule has 2 aromatic rings. The number of ether oxygens (including phenoxy) is 5. The Hall–Kier alpha value is -3.82. The topological polar surface area (TPSA) is 123 Å². The zero-order chi connectivity index (χ0) is 20.3. The summed E-state index contributed by atoms with van der Waals surface area (Å²) in [6.45, 7) is -0.547. The molecule has 0 saturated heterocycles. The summed E-state index contributed by atoms with van der Waals surface area (Å²) in [5.41, 5.74) is -0.641. The lowest BCUT2D eigenvalue weighted by atomic mass is 10.1. The molecule has 0 spiro atoms. The Kier molecular flexibility index (Phi) is 5.30. The molecule has 146 valence electrons. The van der Waals surface area contributed by atoms with E-state index in [0.717, 1.165) is 12.1 Å². The molecule has 0 radical (unpaired) electrons. The van der Waals surface area contributed by atoms with E-state index in [1.54, 1.807) is 6.07 Å². The van der Waals surface area contributed by atoms with E-state index < -0.39 is 29.0 Å². The van der Waals surface area contributed by atoms with Gasteiger partial charge in [0.2, 0.25) is 6.79 Å². The second-order valence-electron chi connectivity index (χ2n) is 5.55. The van der Waals surface area contributed by atoms with Crippen molar-refractivity contribution in [1.29, 1.82) is 0 Å². The van der Waals surface area contributed by atoms with E-state index in [2.05, 4.69) is 0 Å². The number of carbonyl (C=O) groups excluding carboxylic acids is 2. The first-order chi connectivity index (χ1) is 13.4. The molecule has 3 rings (SSSR count). The molecular formula is C18H15NO9. The van der Waals surface area contributed by atoms with Gasteiger partial charge in [0, 0.05) is 11.6 Å². The van der Waals surface area contributed by atoms with Crippen molar-refractivity contribution in [3.05, 3.63) is 51.6 Å². The largest absolute Gasteiger partial charge is 0.493 e. The van der Waals surface area contributed by atoms with Crippen LogP contribution in [0.4, 0.5) is 5.69 Å². The monoisotopic (exact) mass is 389 g/mol. The SMILES string of the molecule is COc1cc(C(=O)OCC(=O)c2ccc3c(c2)OCO3)c([N+](=O)[O-])cc1OC. The molecule has 1 aliphatic heterocycles. The first kappa shape index (κ1) is 19.0. The first-order valence-corrected chi connectivity index (χ1v) is 7.95. The van der Waals surface area contributed by atoms with Crippen molar-refractivity contribution in [2.45, 2.75) is 0 Å². The summed E-state index contributed by atoms with van der Waals surface area (Å²) in [4.78, 5) is 35.1. The number of nitro groups is 1. The van der Waals surface area contributed by atoms with Crippen molar-refractivity contribution in [2.24, 2.45) is 0 Å². The Bertz CT molecular complexity index is 954. The number of carbonyl (C=O) groups is 2. The first-order valence-electron chi connectivity index (χ1n) is 7.95. The van der Waals surface area contributed by atoms with Crippen molar-refractivity contribution in [1.82, 2.24) is 0 Å². The highest BCUT2D eigenvalue weighted by molar-refractivity contribution is 6.01. The van der Waals surface area contributed by atoms with E-state index in [1.807, 2.05) is 0 Å². The number of fused-ring (bicyclic) bond motifs is 1. The second kappa shape index (κ2) is 7.82. The molecule has 0 unspecified atom stereocenters. The molecule has 10 heteroatoms. The second-order valence-corrected chi connectivity index (χ2v) is 5.55. The molecule has 0 aliphatic carbocycles. The summed E-state index contributed by atoms with van der Waals surface area (Å²) in [7, 11) is 2.63. The molecule has 0 aromatic heterocycles. The molecule has 2 aromatic carbocycles. The standard InChI is InChI=1S/C18H15NO9/c1-24-15-6-11(12(19(22)23)7-16(15)25-2)18(21)26-8-13(20)10-3-4-14-17(5-10)28-9-27-14/h3-7H,8-9H2,1-2H3. The Balaban J connectivity index is 1.77. The average molecular weight is 389 g/mol. The summed E-state index contributed by atoms with van der Waals surface area (Å²) in [6.07, 6.45) is 0. The van der Waals surface area contributed by atoms with Crippen molar-refractivity contribution >= 4 is 17.4 Å². The normalized spacial score (nSPS) is 11.6. The van der Waals surface area contributed by atoms with Gasteiger partial charge in [0.25, 0.3) is 5.69 Å². The number of nitro benzene ring substituents is 1. The third kappa shape index (κ3) is 3.65. The number of ketones is 1. The van der Waals surface area contributed by atoms with E-state index in [9.17, 15) is 19.7 Å². The molecule has 0 atom stereocenters. The molecule has 0 bridgehead atoms. The van der Waals surface area contributed by atoms with Gasteiger partial charge >= 0.3 is 5.97 Å². The Labute approximate surface area is 158 Å². The van der Waals surface area contributed by atoms with Gasteiger partial charge in [-0.1, -0.05) is 0 Å². The zero-order valence-corrected chi connectivity index (χ0v) is 14.9. The number of esters is 1. The quantitative estimate of drug-likeness (QED) is 0.304. The maximum absolute atomic E-state index is 12.3. The third-order valence-corrected chi connectivity index (χ3v) is 3.95. The van der Waals surface area contributed by atoms with Gasteiger partial charge in [-0.3, -0.25) is 14.9 Å². The highest BCUT2D eigenvalue weighted by Crippen LogP contribution is 2.35. The van der Waals surface area contributed by atoms with Crippen LogP contribution in [0, 0.1) is 10.1 Å². The van der Waals surface area contributed by atoms with Crippen LogP contribution in [0.3, 0.4) is 0 Å². The summed E-state index contributed by atoms with van der Waals surface area (Å²) >= 11 is 0. The van der Waals surface area contributed by atoms with Crippen molar-refractivity contribution in [3.63, 3.8) is 0 Å². The van der Waals surface area contributed by atoms with Crippen LogP contribution in [0.5, 0.6) is 23.0 Å². The number of benzene rings is 2. The molecule has 10 nitrogen and oxygen atoms in total. The summed E-state index contributed by atoms with van der Waals surface area (Å²) in [5, 5.41) is 11.3. The predicted octanol–water partition coefficient (Wildman–Crippen LogP) is 2.38. The van der Waals surface area contributed by atoms with Gasteiger partial charge in [-0.2, -0.15) is 0 Å². The number of hydrogen-bond acceptors (Lipinski definition) is 9. The van der Waals surface area contributed by atoms with Gasteiger partial charge in [-0.25, -0.2) is 4.79 Å². The highest BCUT2D eigenvalue weighted by atomic mass is 16.7. The number of methoxy groups -OCH3 is 2. The molecule has 28 heavy (non-hydrogen) atoms. The molecule has 1 aliphatic rings. The smallest absolute Gasteiger partial charge is 0.345 e. The molecule has 0 fully saturated rings. The maximum Gasteiger partial charge on any atom is 0.345 e. The fraction of sp³-hybridized carbons (Fsp3) is 0.222. The van der Waals surface area contributed by atoms with Gasteiger partial charge in [-0.15, -0.1) is 0 Å². The van der Waals surface area contributed by atoms with E-state index in [0.29, 0.717) is 11.5 Å².